The van der Waals surface area contributed by atoms with Crippen molar-refractivity contribution in [3.05, 3.63) is 46.2 Å². The summed E-state index contributed by atoms with van der Waals surface area (Å²) in [6.07, 6.45) is 1.52. The molecule has 0 aliphatic carbocycles. The number of hydrazone groups is 1. The lowest BCUT2D eigenvalue weighted by atomic mass is 10.2. The molecule has 0 radical (unpaired) electrons. The van der Waals surface area contributed by atoms with Gasteiger partial charge in [0.15, 0.2) is 5.16 Å². The molecule has 1 N–H and O–H groups in total. The average molecular weight is 365 g/mol. The standard InChI is InChI=1S/C16H17ClN4O2S/c1-10-6-11(2)20-16(19-10)24-9-15(22)21-18-8-12-4-5-14(23-3)13(17)7-12/h4-8H,9H2,1-3H3,(H,21,22)/b18-8-. The molecule has 24 heavy (non-hydrogen) atoms. The molecule has 6 nitrogen and oxygen atoms in total. The number of halogens is 1. The Morgan fingerprint density at radius 3 is 2.67 bits per heavy atom. The highest BCUT2D eigenvalue weighted by Gasteiger charge is 2.05. The van der Waals surface area contributed by atoms with Gasteiger partial charge in [-0.15, -0.1) is 0 Å². The first-order valence-electron chi connectivity index (χ1n) is 7.08. The molecule has 0 aliphatic heterocycles. The number of nitrogens with zero attached hydrogens (tertiary/aromatic N) is 3. The van der Waals surface area contributed by atoms with Crippen molar-refractivity contribution in [3.8, 4) is 5.75 Å². The van der Waals surface area contributed by atoms with Crippen LogP contribution in [0.15, 0.2) is 34.5 Å². The quantitative estimate of drug-likeness (QED) is 0.369. The molecule has 0 aliphatic rings. The molecule has 0 atom stereocenters. The molecule has 1 aromatic carbocycles. The molecule has 2 rings (SSSR count). The van der Waals surface area contributed by atoms with E-state index in [0.717, 1.165) is 17.0 Å². The third-order valence-corrected chi connectivity index (χ3v) is 4.02. The number of carbonyl (C=O) groups is 1. The normalized spacial score (nSPS) is 10.8. The smallest absolute Gasteiger partial charge is 0.250 e. The molecule has 0 saturated carbocycles. The van der Waals surface area contributed by atoms with Crippen molar-refractivity contribution < 1.29 is 9.53 Å². The first-order valence-corrected chi connectivity index (χ1v) is 8.45. The maximum Gasteiger partial charge on any atom is 0.250 e. The summed E-state index contributed by atoms with van der Waals surface area (Å²) in [5.74, 6) is 0.533. The number of hydrogen-bond donors (Lipinski definition) is 1. The van der Waals surface area contributed by atoms with Gasteiger partial charge in [-0.05, 0) is 43.7 Å². The Kier molecular flexibility index (Phi) is 6.57. The predicted molar refractivity (Wildman–Crippen MR) is 96.0 cm³/mol. The first kappa shape index (κ1) is 18.2. The molecule has 0 saturated heterocycles. The second kappa shape index (κ2) is 8.65. The highest BCUT2D eigenvalue weighted by Crippen LogP contribution is 2.24. The van der Waals surface area contributed by atoms with E-state index < -0.39 is 0 Å². The monoisotopic (exact) mass is 364 g/mol. The molecular weight excluding hydrogens is 348 g/mol. The number of aromatic nitrogens is 2. The summed E-state index contributed by atoms with van der Waals surface area (Å²) in [5, 5.41) is 4.97. The van der Waals surface area contributed by atoms with Gasteiger partial charge in [0.2, 0.25) is 0 Å². The number of hydrogen-bond acceptors (Lipinski definition) is 6. The third kappa shape index (κ3) is 5.50. The molecule has 0 unspecified atom stereocenters. The van der Waals surface area contributed by atoms with Crippen molar-refractivity contribution in [1.29, 1.82) is 0 Å². The van der Waals surface area contributed by atoms with Crippen LogP contribution in [0.2, 0.25) is 5.02 Å². The predicted octanol–water partition coefficient (Wildman–Crippen LogP) is 3.00. The minimum atomic E-state index is -0.237. The van der Waals surface area contributed by atoms with Crippen LogP contribution >= 0.6 is 23.4 Å². The largest absolute Gasteiger partial charge is 0.495 e. The van der Waals surface area contributed by atoms with E-state index in [-0.39, 0.29) is 11.7 Å². The van der Waals surface area contributed by atoms with E-state index in [1.54, 1.807) is 25.3 Å². The number of aryl methyl sites for hydroxylation is 2. The Bertz CT molecular complexity index is 747. The summed E-state index contributed by atoms with van der Waals surface area (Å²) in [7, 11) is 1.55. The zero-order valence-corrected chi connectivity index (χ0v) is 15.1. The number of thioether (sulfide) groups is 1. The Morgan fingerprint density at radius 2 is 2.04 bits per heavy atom. The Labute approximate surface area is 149 Å². The van der Waals surface area contributed by atoms with Crippen LogP contribution in [-0.2, 0) is 4.79 Å². The maximum absolute atomic E-state index is 11.8. The van der Waals surface area contributed by atoms with Crippen LogP contribution in [0.1, 0.15) is 17.0 Å². The van der Waals surface area contributed by atoms with Crippen molar-refractivity contribution in [2.24, 2.45) is 5.10 Å². The fourth-order valence-corrected chi connectivity index (χ4v) is 2.87. The van der Waals surface area contributed by atoms with Gasteiger partial charge >= 0.3 is 0 Å². The van der Waals surface area contributed by atoms with Gasteiger partial charge in [-0.25, -0.2) is 15.4 Å². The van der Waals surface area contributed by atoms with Crippen molar-refractivity contribution in [2.75, 3.05) is 12.9 Å². The van der Waals surface area contributed by atoms with Crippen LogP contribution in [-0.4, -0.2) is 35.0 Å². The van der Waals surface area contributed by atoms with Crippen molar-refractivity contribution in [3.63, 3.8) is 0 Å². The number of rotatable bonds is 6. The number of benzene rings is 1. The summed E-state index contributed by atoms with van der Waals surface area (Å²) < 4.78 is 5.07. The van der Waals surface area contributed by atoms with Gasteiger partial charge in [-0.1, -0.05) is 23.4 Å². The van der Waals surface area contributed by atoms with Crippen molar-refractivity contribution in [2.45, 2.75) is 19.0 Å². The lowest BCUT2D eigenvalue weighted by molar-refractivity contribution is -0.118. The zero-order valence-electron chi connectivity index (χ0n) is 13.5. The molecule has 1 amide bonds. The fraction of sp³-hybridized carbons (Fsp3) is 0.250. The van der Waals surface area contributed by atoms with E-state index in [9.17, 15) is 4.79 Å². The second-order valence-electron chi connectivity index (χ2n) is 4.91. The third-order valence-electron chi connectivity index (χ3n) is 2.87. The van der Waals surface area contributed by atoms with E-state index in [0.29, 0.717) is 15.9 Å². The van der Waals surface area contributed by atoms with Crippen LogP contribution in [0.5, 0.6) is 5.75 Å². The fourth-order valence-electron chi connectivity index (χ4n) is 1.86. The van der Waals surface area contributed by atoms with E-state index in [4.69, 9.17) is 16.3 Å². The molecule has 8 heteroatoms. The van der Waals surface area contributed by atoms with Crippen LogP contribution in [0, 0.1) is 13.8 Å². The molecule has 126 valence electrons. The van der Waals surface area contributed by atoms with Gasteiger partial charge < -0.3 is 4.74 Å². The zero-order chi connectivity index (χ0) is 17.5. The minimum absolute atomic E-state index is 0.184. The van der Waals surface area contributed by atoms with Gasteiger partial charge in [0, 0.05) is 11.4 Å². The molecule has 0 spiro atoms. The first-order chi connectivity index (χ1) is 11.5. The molecule has 0 fully saturated rings. The average Bonchev–Trinajstić information content (AvgIpc) is 2.52. The van der Waals surface area contributed by atoms with Crippen LogP contribution < -0.4 is 10.2 Å². The number of ether oxygens (including phenoxy) is 1. The van der Waals surface area contributed by atoms with Gasteiger partial charge in [0.05, 0.1) is 24.1 Å². The Hall–Kier alpha value is -2.12. The SMILES string of the molecule is COc1ccc(/C=N\NC(=O)CSc2nc(C)cc(C)n2)cc1Cl. The highest BCUT2D eigenvalue weighted by atomic mass is 35.5. The summed E-state index contributed by atoms with van der Waals surface area (Å²) in [6, 6.07) is 7.11. The van der Waals surface area contributed by atoms with Gasteiger partial charge in [-0.2, -0.15) is 5.10 Å². The number of amides is 1. The highest BCUT2D eigenvalue weighted by molar-refractivity contribution is 7.99. The maximum atomic E-state index is 11.8. The van der Waals surface area contributed by atoms with E-state index >= 15 is 0 Å². The molecule has 0 bridgehead atoms. The molecule has 1 aromatic heterocycles. The lowest BCUT2D eigenvalue weighted by Crippen LogP contribution is -2.19. The molecule has 2 aromatic rings. The van der Waals surface area contributed by atoms with Crippen molar-refractivity contribution in [1.82, 2.24) is 15.4 Å². The summed E-state index contributed by atoms with van der Waals surface area (Å²) in [4.78, 5) is 20.3. The summed E-state index contributed by atoms with van der Waals surface area (Å²) in [6.45, 7) is 3.78. The van der Waals surface area contributed by atoms with E-state index in [1.807, 2.05) is 19.9 Å². The van der Waals surface area contributed by atoms with E-state index in [1.165, 1.54) is 18.0 Å². The number of nitrogens with one attached hydrogen (secondary N) is 1. The van der Waals surface area contributed by atoms with Gasteiger partial charge in [0.25, 0.3) is 5.91 Å². The number of carbonyl (C=O) groups excluding carboxylic acids is 1. The summed E-state index contributed by atoms with van der Waals surface area (Å²) >= 11 is 7.29. The topological polar surface area (TPSA) is 76.5 Å². The van der Waals surface area contributed by atoms with Crippen LogP contribution in [0.25, 0.3) is 0 Å². The van der Waals surface area contributed by atoms with Crippen LogP contribution in [0.3, 0.4) is 0 Å². The molecule has 1 heterocycles. The Morgan fingerprint density at radius 1 is 1.33 bits per heavy atom. The number of methoxy groups -OCH3 is 1. The second-order valence-corrected chi connectivity index (χ2v) is 6.26. The van der Waals surface area contributed by atoms with Gasteiger partial charge in [0.1, 0.15) is 5.75 Å². The summed E-state index contributed by atoms with van der Waals surface area (Å²) in [5.41, 5.74) is 4.96. The van der Waals surface area contributed by atoms with Crippen molar-refractivity contribution >= 4 is 35.5 Å². The minimum Gasteiger partial charge on any atom is -0.495 e. The lowest BCUT2D eigenvalue weighted by Gasteiger charge is -2.03. The van der Waals surface area contributed by atoms with Gasteiger partial charge in [-0.3, -0.25) is 4.79 Å². The van der Waals surface area contributed by atoms with E-state index in [2.05, 4.69) is 20.5 Å². The van der Waals surface area contributed by atoms with Crippen LogP contribution in [0.4, 0.5) is 0 Å². The molecular formula is C16H17ClN4O2S. The Balaban J connectivity index is 1.85.